The van der Waals surface area contributed by atoms with Crippen LogP contribution in [0.25, 0.3) is 10.9 Å². The zero-order valence-electron chi connectivity index (χ0n) is 22.7. The predicted octanol–water partition coefficient (Wildman–Crippen LogP) is 4.65. The van der Waals surface area contributed by atoms with E-state index < -0.39 is 5.60 Å². The summed E-state index contributed by atoms with van der Waals surface area (Å²) in [4.78, 5) is 34.2. The maximum atomic E-state index is 12.7. The zero-order chi connectivity index (χ0) is 28.2. The smallest absolute Gasteiger partial charge is 0.239 e. The summed E-state index contributed by atoms with van der Waals surface area (Å²) in [5, 5.41) is 8.88. The van der Waals surface area contributed by atoms with Gasteiger partial charge in [-0.05, 0) is 50.6 Å². The molecule has 11 heteroatoms. The van der Waals surface area contributed by atoms with Gasteiger partial charge in [0.2, 0.25) is 12.3 Å². The highest BCUT2D eigenvalue weighted by molar-refractivity contribution is 5.92. The highest BCUT2D eigenvalue weighted by atomic mass is 16.7. The lowest BCUT2D eigenvalue weighted by Crippen LogP contribution is -2.34. The number of carbonyl (C=O) groups is 2. The van der Waals surface area contributed by atoms with E-state index in [1.807, 2.05) is 39.0 Å². The average molecular weight is 534 g/mol. The van der Waals surface area contributed by atoms with Crippen molar-refractivity contribution in [3.8, 4) is 23.0 Å². The van der Waals surface area contributed by atoms with Gasteiger partial charge in [-0.25, -0.2) is 4.68 Å². The second kappa shape index (κ2) is 11.4. The number of aromatic nitrogens is 3. The molecule has 0 unspecified atom stereocenters. The SMILES string of the molecule is COc1cc2nccc(Oc3ccc(CC(=O)Nc4cc(N(C=O)OC(C)(C)C)n(C)n4)cc3)c2cc1OC. The standard InChI is InChI=1S/C28H31N5O6/c1-28(2,3)39-33(17-34)27-16-25(31-32(27)4)30-26(35)13-18-7-9-19(10-8-18)38-22-11-12-29-21-15-24(37-6)23(36-5)14-20(21)22/h7-12,14-17H,13H2,1-6H3,(H,30,31,35). The molecule has 2 heterocycles. The van der Waals surface area contributed by atoms with Crippen LogP contribution in [0.15, 0.2) is 54.7 Å². The molecule has 0 atom stereocenters. The molecule has 0 aliphatic carbocycles. The van der Waals surface area contributed by atoms with E-state index in [1.54, 1.807) is 57.8 Å². The monoisotopic (exact) mass is 533 g/mol. The van der Waals surface area contributed by atoms with Crippen LogP contribution < -0.4 is 24.6 Å². The van der Waals surface area contributed by atoms with Crippen molar-refractivity contribution in [1.29, 1.82) is 0 Å². The summed E-state index contributed by atoms with van der Waals surface area (Å²) in [5.74, 6) is 2.79. The molecule has 4 rings (SSSR count). The molecule has 0 saturated heterocycles. The summed E-state index contributed by atoms with van der Waals surface area (Å²) in [6.45, 7) is 5.48. The maximum absolute atomic E-state index is 12.7. The molecule has 204 valence electrons. The molecule has 0 aliphatic heterocycles. The molecule has 4 aromatic rings. The lowest BCUT2D eigenvalue weighted by molar-refractivity contribution is -0.120. The third-order valence-corrected chi connectivity index (χ3v) is 5.54. The van der Waals surface area contributed by atoms with Crippen molar-refractivity contribution in [2.24, 2.45) is 7.05 Å². The Morgan fingerprint density at radius 2 is 1.72 bits per heavy atom. The fourth-order valence-electron chi connectivity index (χ4n) is 3.85. The van der Waals surface area contributed by atoms with Crippen molar-refractivity contribution in [3.63, 3.8) is 0 Å². The van der Waals surface area contributed by atoms with Crippen LogP contribution in [0.2, 0.25) is 0 Å². The molecular weight excluding hydrogens is 502 g/mol. The Balaban J connectivity index is 1.42. The third kappa shape index (κ3) is 6.63. The number of hydrogen-bond acceptors (Lipinski definition) is 8. The van der Waals surface area contributed by atoms with Crippen molar-refractivity contribution in [2.75, 3.05) is 24.6 Å². The summed E-state index contributed by atoms with van der Waals surface area (Å²) in [7, 11) is 4.80. The number of amides is 2. The second-order valence-electron chi connectivity index (χ2n) is 9.65. The van der Waals surface area contributed by atoms with Crippen molar-refractivity contribution in [1.82, 2.24) is 14.8 Å². The topological polar surface area (TPSA) is 117 Å². The number of anilines is 2. The lowest BCUT2D eigenvalue weighted by Gasteiger charge is -2.25. The fraction of sp³-hybridized carbons (Fsp3) is 0.286. The Hall–Kier alpha value is -4.64. The normalized spacial score (nSPS) is 11.2. The van der Waals surface area contributed by atoms with Crippen LogP contribution in [-0.2, 0) is 27.9 Å². The summed E-state index contributed by atoms with van der Waals surface area (Å²) in [6, 6.07) is 14.2. The first-order valence-electron chi connectivity index (χ1n) is 12.2. The first-order chi connectivity index (χ1) is 18.6. The summed E-state index contributed by atoms with van der Waals surface area (Å²) in [5.41, 5.74) is 0.903. The van der Waals surface area contributed by atoms with E-state index in [4.69, 9.17) is 19.0 Å². The van der Waals surface area contributed by atoms with Crippen LogP contribution in [0, 0.1) is 0 Å². The van der Waals surface area contributed by atoms with Gasteiger partial charge in [-0.1, -0.05) is 12.1 Å². The molecule has 39 heavy (non-hydrogen) atoms. The Labute approximate surface area is 226 Å². The third-order valence-electron chi connectivity index (χ3n) is 5.54. The number of ether oxygens (including phenoxy) is 3. The van der Waals surface area contributed by atoms with Gasteiger partial charge in [-0.3, -0.25) is 19.4 Å². The van der Waals surface area contributed by atoms with Crippen LogP contribution in [-0.4, -0.2) is 46.9 Å². The summed E-state index contributed by atoms with van der Waals surface area (Å²) < 4.78 is 18.3. The molecule has 0 aliphatic rings. The van der Waals surface area contributed by atoms with Crippen LogP contribution in [0.3, 0.4) is 0 Å². The van der Waals surface area contributed by atoms with Gasteiger partial charge in [0.05, 0.1) is 31.8 Å². The number of fused-ring (bicyclic) bond motifs is 1. The number of aryl methyl sites for hydroxylation is 1. The van der Waals surface area contributed by atoms with E-state index in [0.29, 0.717) is 46.6 Å². The minimum absolute atomic E-state index is 0.122. The second-order valence-corrected chi connectivity index (χ2v) is 9.65. The molecule has 2 amide bonds. The largest absolute Gasteiger partial charge is 0.493 e. The van der Waals surface area contributed by atoms with E-state index >= 15 is 0 Å². The van der Waals surface area contributed by atoms with Gasteiger partial charge in [-0.15, -0.1) is 0 Å². The van der Waals surface area contributed by atoms with Gasteiger partial charge in [0, 0.05) is 30.8 Å². The van der Waals surface area contributed by atoms with Crippen LogP contribution in [0.4, 0.5) is 11.6 Å². The maximum Gasteiger partial charge on any atom is 0.239 e. The van der Waals surface area contributed by atoms with Crippen molar-refractivity contribution in [2.45, 2.75) is 32.8 Å². The number of pyridine rings is 1. The number of hydrogen-bond donors (Lipinski definition) is 1. The van der Waals surface area contributed by atoms with Crippen LogP contribution in [0.1, 0.15) is 26.3 Å². The fourth-order valence-corrected chi connectivity index (χ4v) is 3.85. The number of methoxy groups -OCH3 is 2. The molecular formula is C28H31N5O6. The van der Waals surface area contributed by atoms with Crippen molar-refractivity contribution >= 4 is 34.9 Å². The number of nitrogens with one attached hydrogen (secondary N) is 1. The number of rotatable bonds is 10. The minimum Gasteiger partial charge on any atom is -0.493 e. The van der Waals surface area contributed by atoms with E-state index in [1.165, 1.54) is 4.68 Å². The van der Waals surface area contributed by atoms with Gasteiger partial charge < -0.3 is 19.5 Å². The van der Waals surface area contributed by atoms with Gasteiger partial charge in [0.1, 0.15) is 11.5 Å². The molecule has 0 radical (unpaired) electrons. The molecule has 0 spiro atoms. The van der Waals surface area contributed by atoms with Gasteiger partial charge >= 0.3 is 0 Å². The van der Waals surface area contributed by atoms with E-state index in [9.17, 15) is 9.59 Å². The Bertz CT molecular complexity index is 1480. The lowest BCUT2D eigenvalue weighted by atomic mass is 10.1. The molecule has 0 fully saturated rings. The molecule has 0 bridgehead atoms. The molecule has 2 aromatic heterocycles. The first kappa shape index (κ1) is 27.4. The summed E-state index contributed by atoms with van der Waals surface area (Å²) >= 11 is 0. The molecule has 0 saturated carbocycles. The molecule has 1 N–H and O–H groups in total. The molecule has 11 nitrogen and oxygen atoms in total. The highest BCUT2D eigenvalue weighted by Crippen LogP contribution is 2.36. The molecule has 2 aromatic carbocycles. The van der Waals surface area contributed by atoms with Crippen molar-refractivity contribution < 1.29 is 28.6 Å². The quantitative estimate of drug-likeness (QED) is 0.231. The minimum atomic E-state index is -0.588. The van der Waals surface area contributed by atoms with Crippen LogP contribution in [0.5, 0.6) is 23.0 Å². The Morgan fingerprint density at radius 1 is 1.03 bits per heavy atom. The van der Waals surface area contributed by atoms with E-state index in [2.05, 4.69) is 15.4 Å². The predicted molar refractivity (Wildman–Crippen MR) is 146 cm³/mol. The number of nitrogens with zero attached hydrogens (tertiary/aromatic N) is 4. The number of carbonyl (C=O) groups excluding carboxylic acids is 2. The summed E-state index contributed by atoms with van der Waals surface area (Å²) in [6.07, 6.45) is 2.34. The highest BCUT2D eigenvalue weighted by Gasteiger charge is 2.21. The zero-order valence-corrected chi connectivity index (χ0v) is 22.7. The van der Waals surface area contributed by atoms with Crippen molar-refractivity contribution in [3.05, 3.63) is 60.3 Å². The van der Waals surface area contributed by atoms with Gasteiger partial charge in [0.15, 0.2) is 23.1 Å². The average Bonchev–Trinajstić information content (AvgIpc) is 3.26. The van der Waals surface area contributed by atoms with Gasteiger partial charge in [0.25, 0.3) is 0 Å². The first-order valence-corrected chi connectivity index (χ1v) is 12.2. The number of hydroxylamine groups is 1. The Kier molecular flexibility index (Phi) is 8.01. The van der Waals surface area contributed by atoms with E-state index in [0.717, 1.165) is 16.0 Å². The number of benzene rings is 2. The van der Waals surface area contributed by atoms with Gasteiger partial charge in [-0.2, -0.15) is 10.2 Å². The van der Waals surface area contributed by atoms with E-state index in [-0.39, 0.29) is 12.3 Å². The van der Waals surface area contributed by atoms with Crippen LogP contribution >= 0.6 is 0 Å². The Morgan fingerprint density at radius 3 is 2.36 bits per heavy atom.